The highest BCUT2D eigenvalue weighted by molar-refractivity contribution is 7.15. The molecule has 1 heterocycles. The lowest BCUT2D eigenvalue weighted by atomic mass is 9.96. The molecular formula is C14H22N4O2S. The third-order valence-corrected chi connectivity index (χ3v) is 4.27. The maximum atomic E-state index is 11.7. The zero-order valence-electron chi connectivity index (χ0n) is 12.3. The van der Waals surface area contributed by atoms with E-state index in [4.69, 9.17) is 0 Å². The summed E-state index contributed by atoms with van der Waals surface area (Å²) < 4.78 is 0. The monoisotopic (exact) mass is 310 g/mol. The molecule has 0 bridgehead atoms. The van der Waals surface area contributed by atoms with Gasteiger partial charge in [0.1, 0.15) is 0 Å². The lowest BCUT2D eigenvalue weighted by Crippen LogP contribution is -2.43. The van der Waals surface area contributed by atoms with Crippen molar-refractivity contribution in [3.8, 4) is 0 Å². The number of nitrogens with one attached hydrogen (secondary N) is 3. The summed E-state index contributed by atoms with van der Waals surface area (Å²) in [6, 6.07) is 0.102. The van der Waals surface area contributed by atoms with E-state index < -0.39 is 0 Å². The van der Waals surface area contributed by atoms with Crippen LogP contribution in [-0.2, 0) is 4.79 Å². The van der Waals surface area contributed by atoms with Gasteiger partial charge < -0.3 is 16.0 Å². The van der Waals surface area contributed by atoms with Crippen molar-refractivity contribution in [2.45, 2.75) is 51.5 Å². The number of carbonyl (C=O) groups excluding carboxylic acids is 2. The maximum Gasteiger partial charge on any atom is 0.315 e. The molecule has 0 radical (unpaired) electrons. The molecule has 0 aliphatic heterocycles. The first kappa shape index (κ1) is 15.8. The quantitative estimate of drug-likeness (QED) is 0.781. The van der Waals surface area contributed by atoms with E-state index in [0.717, 1.165) is 17.7 Å². The standard InChI is InChI=1S/C14H22N4O2S/c1-10-9-16-14(21-10)18-12(19)7-8-15-13(20)17-11-5-3-2-4-6-11/h9,11H,2-8H2,1H3,(H2,15,17,20)(H,16,18,19). The zero-order chi connectivity index (χ0) is 15.1. The Labute approximate surface area is 128 Å². The van der Waals surface area contributed by atoms with Crippen molar-refractivity contribution in [1.29, 1.82) is 0 Å². The first-order valence-corrected chi connectivity index (χ1v) is 8.22. The van der Waals surface area contributed by atoms with E-state index in [1.807, 2.05) is 6.92 Å². The maximum absolute atomic E-state index is 11.7. The second-order valence-corrected chi connectivity index (χ2v) is 6.54. The van der Waals surface area contributed by atoms with Crippen molar-refractivity contribution < 1.29 is 9.59 Å². The van der Waals surface area contributed by atoms with Crippen LogP contribution in [0.25, 0.3) is 0 Å². The molecule has 1 aromatic rings. The number of amides is 3. The Morgan fingerprint density at radius 2 is 2.10 bits per heavy atom. The van der Waals surface area contributed by atoms with Crippen molar-refractivity contribution in [3.05, 3.63) is 11.1 Å². The summed E-state index contributed by atoms with van der Waals surface area (Å²) >= 11 is 1.44. The Morgan fingerprint density at radius 1 is 1.33 bits per heavy atom. The van der Waals surface area contributed by atoms with Crippen molar-refractivity contribution >= 4 is 28.4 Å². The van der Waals surface area contributed by atoms with Gasteiger partial charge in [0.2, 0.25) is 5.91 Å². The second-order valence-electron chi connectivity index (χ2n) is 5.31. The first-order valence-electron chi connectivity index (χ1n) is 7.40. The fourth-order valence-corrected chi connectivity index (χ4v) is 3.05. The van der Waals surface area contributed by atoms with Crippen LogP contribution in [-0.4, -0.2) is 29.5 Å². The molecule has 0 atom stereocenters. The van der Waals surface area contributed by atoms with Crippen molar-refractivity contribution in [2.75, 3.05) is 11.9 Å². The van der Waals surface area contributed by atoms with Gasteiger partial charge in [-0.3, -0.25) is 4.79 Å². The Hall–Kier alpha value is -1.63. The molecule has 6 nitrogen and oxygen atoms in total. The van der Waals surface area contributed by atoms with Crippen LogP contribution in [0.2, 0.25) is 0 Å². The van der Waals surface area contributed by atoms with E-state index in [1.165, 1.54) is 30.6 Å². The van der Waals surface area contributed by atoms with E-state index in [-0.39, 0.29) is 24.4 Å². The van der Waals surface area contributed by atoms with Crippen LogP contribution in [0.3, 0.4) is 0 Å². The number of nitrogens with zero attached hydrogens (tertiary/aromatic N) is 1. The summed E-state index contributed by atoms with van der Waals surface area (Å²) in [7, 11) is 0. The van der Waals surface area contributed by atoms with Gasteiger partial charge in [0.15, 0.2) is 5.13 Å². The van der Waals surface area contributed by atoms with Crippen LogP contribution < -0.4 is 16.0 Å². The largest absolute Gasteiger partial charge is 0.338 e. The number of carbonyl (C=O) groups is 2. The molecule has 1 aromatic heterocycles. The average molecular weight is 310 g/mol. The summed E-state index contributed by atoms with van der Waals surface area (Å²) in [5.74, 6) is -0.137. The minimum Gasteiger partial charge on any atom is -0.338 e. The minimum absolute atomic E-state index is 0.137. The van der Waals surface area contributed by atoms with E-state index in [0.29, 0.717) is 11.7 Å². The summed E-state index contributed by atoms with van der Waals surface area (Å²) in [4.78, 5) is 28.5. The number of urea groups is 1. The van der Waals surface area contributed by atoms with Gasteiger partial charge in [-0.05, 0) is 19.8 Å². The van der Waals surface area contributed by atoms with Crippen LogP contribution in [0.5, 0.6) is 0 Å². The van der Waals surface area contributed by atoms with Gasteiger partial charge in [0.25, 0.3) is 0 Å². The van der Waals surface area contributed by atoms with Gasteiger partial charge in [0.05, 0.1) is 0 Å². The van der Waals surface area contributed by atoms with E-state index >= 15 is 0 Å². The number of hydrogen-bond donors (Lipinski definition) is 3. The van der Waals surface area contributed by atoms with Crippen LogP contribution in [0.15, 0.2) is 6.20 Å². The fraction of sp³-hybridized carbons (Fsp3) is 0.643. The normalized spacial score (nSPS) is 15.5. The van der Waals surface area contributed by atoms with Gasteiger partial charge >= 0.3 is 6.03 Å². The smallest absolute Gasteiger partial charge is 0.315 e. The Balaban J connectivity index is 1.59. The van der Waals surface area contributed by atoms with Crippen LogP contribution in [0.4, 0.5) is 9.93 Å². The van der Waals surface area contributed by atoms with Crippen molar-refractivity contribution in [3.63, 3.8) is 0 Å². The zero-order valence-corrected chi connectivity index (χ0v) is 13.1. The molecule has 0 unspecified atom stereocenters. The van der Waals surface area contributed by atoms with Gasteiger partial charge in [-0.1, -0.05) is 19.3 Å². The molecule has 0 spiro atoms. The van der Waals surface area contributed by atoms with Gasteiger partial charge in [-0.2, -0.15) is 0 Å². The Morgan fingerprint density at radius 3 is 2.76 bits per heavy atom. The number of aryl methyl sites for hydroxylation is 1. The van der Waals surface area contributed by atoms with Crippen LogP contribution in [0.1, 0.15) is 43.4 Å². The predicted octanol–water partition coefficient (Wildman–Crippen LogP) is 2.41. The fourth-order valence-electron chi connectivity index (χ4n) is 2.37. The molecule has 116 valence electrons. The first-order chi connectivity index (χ1) is 10.1. The van der Waals surface area contributed by atoms with E-state index in [2.05, 4.69) is 20.9 Å². The third-order valence-electron chi connectivity index (χ3n) is 3.45. The molecule has 3 N–H and O–H groups in total. The number of rotatable bonds is 5. The number of thiazole rings is 1. The van der Waals surface area contributed by atoms with E-state index in [1.54, 1.807) is 6.20 Å². The summed E-state index contributed by atoms with van der Waals surface area (Å²) in [5, 5.41) is 8.99. The molecule has 21 heavy (non-hydrogen) atoms. The third kappa shape index (κ3) is 5.71. The lowest BCUT2D eigenvalue weighted by Gasteiger charge is -2.22. The molecule has 1 aliphatic rings. The molecule has 1 aliphatic carbocycles. The summed E-state index contributed by atoms with van der Waals surface area (Å²) in [5.41, 5.74) is 0. The highest BCUT2D eigenvalue weighted by Crippen LogP contribution is 2.17. The molecule has 0 saturated heterocycles. The summed E-state index contributed by atoms with van der Waals surface area (Å²) in [6.45, 7) is 2.26. The molecular weight excluding hydrogens is 288 g/mol. The predicted molar refractivity (Wildman–Crippen MR) is 83.5 cm³/mol. The van der Waals surface area contributed by atoms with E-state index in [9.17, 15) is 9.59 Å². The van der Waals surface area contributed by atoms with Crippen molar-refractivity contribution in [2.24, 2.45) is 0 Å². The highest BCUT2D eigenvalue weighted by atomic mass is 32.1. The minimum atomic E-state index is -0.181. The number of aromatic nitrogens is 1. The Bertz CT molecular complexity index is 483. The summed E-state index contributed by atoms with van der Waals surface area (Å²) in [6.07, 6.45) is 7.69. The number of anilines is 1. The molecule has 0 aromatic carbocycles. The van der Waals surface area contributed by atoms with Crippen molar-refractivity contribution in [1.82, 2.24) is 15.6 Å². The Kier molecular flexibility index (Phi) is 5.98. The average Bonchev–Trinajstić information content (AvgIpc) is 2.85. The number of hydrogen-bond acceptors (Lipinski definition) is 4. The molecule has 1 fully saturated rings. The second kappa shape index (κ2) is 7.97. The van der Waals surface area contributed by atoms with Crippen LogP contribution >= 0.6 is 11.3 Å². The lowest BCUT2D eigenvalue weighted by molar-refractivity contribution is -0.116. The topological polar surface area (TPSA) is 83.1 Å². The molecule has 7 heteroatoms. The van der Waals surface area contributed by atoms with Crippen LogP contribution in [0, 0.1) is 6.92 Å². The van der Waals surface area contributed by atoms with Gasteiger partial charge in [0, 0.05) is 30.1 Å². The highest BCUT2D eigenvalue weighted by Gasteiger charge is 2.15. The molecule has 1 saturated carbocycles. The van der Waals surface area contributed by atoms with Gasteiger partial charge in [-0.25, -0.2) is 9.78 Å². The SMILES string of the molecule is Cc1cnc(NC(=O)CCNC(=O)NC2CCCCC2)s1. The van der Waals surface area contributed by atoms with Gasteiger partial charge in [-0.15, -0.1) is 11.3 Å². The molecule has 2 rings (SSSR count). The molecule has 3 amide bonds.